The Kier molecular flexibility index (Phi) is 6.04. The van der Waals surface area contributed by atoms with Crippen molar-refractivity contribution in [3.63, 3.8) is 0 Å². The Bertz CT molecular complexity index is 819. The smallest absolute Gasteiger partial charge is 0.225 e. The van der Waals surface area contributed by atoms with Crippen molar-refractivity contribution in [1.82, 2.24) is 9.97 Å². The van der Waals surface area contributed by atoms with Crippen LogP contribution in [-0.2, 0) is 0 Å². The lowest BCUT2D eigenvalue weighted by molar-refractivity contribution is 0.340. The molecule has 134 valence electrons. The first-order valence-corrected chi connectivity index (χ1v) is 8.96. The second-order valence-electron chi connectivity index (χ2n) is 5.84. The van der Waals surface area contributed by atoms with Gasteiger partial charge in [-0.3, -0.25) is 0 Å². The van der Waals surface area contributed by atoms with Crippen LogP contribution in [0, 0.1) is 0 Å². The normalized spacial score (nSPS) is 10.4. The van der Waals surface area contributed by atoms with E-state index in [9.17, 15) is 0 Å². The summed E-state index contributed by atoms with van der Waals surface area (Å²) in [4.78, 5) is 9.22. The summed E-state index contributed by atoms with van der Waals surface area (Å²) < 4.78 is 5.49. The number of benzene rings is 2. The molecule has 0 fully saturated rings. The van der Waals surface area contributed by atoms with E-state index in [0.29, 0.717) is 12.6 Å². The van der Waals surface area contributed by atoms with Crippen LogP contribution < -0.4 is 15.4 Å². The van der Waals surface area contributed by atoms with Crippen molar-refractivity contribution in [3.8, 4) is 17.0 Å². The summed E-state index contributed by atoms with van der Waals surface area (Å²) in [6.45, 7) is 5.59. The average molecular weight is 348 g/mol. The van der Waals surface area contributed by atoms with Crippen LogP contribution >= 0.6 is 0 Å². The molecule has 5 nitrogen and oxygen atoms in total. The van der Waals surface area contributed by atoms with Crippen LogP contribution in [0.3, 0.4) is 0 Å². The van der Waals surface area contributed by atoms with E-state index in [4.69, 9.17) is 4.74 Å². The van der Waals surface area contributed by atoms with Crippen LogP contribution in [0.2, 0.25) is 0 Å². The summed E-state index contributed by atoms with van der Waals surface area (Å²) >= 11 is 0. The molecule has 3 rings (SSSR count). The zero-order chi connectivity index (χ0) is 18.2. The largest absolute Gasteiger partial charge is 0.494 e. The SMILES string of the molecule is CCCNc1nc(Nc2ccc(OCC)cc2)cc(-c2ccccc2)n1. The highest BCUT2D eigenvalue weighted by atomic mass is 16.5. The van der Waals surface area contributed by atoms with E-state index in [-0.39, 0.29) is 0 Å². The molecule has 2 N–H and O–H groups in total. The number of anilines is 3. The van der Waals surface area contributed by atoms with Crippen LogP contribution in [0.1, 0.15) is 20.3 Å². The number of hydrogen-bond donors (Lipinski definition) is 2. The molecule has 26 heavy (non-hydrogen) atoms. The third-order valence-electron chi connectivity index (χ3n) is 3.77. The molecule has 0 spiro atoms. The van der Waals surface area contributed by atoms with E-state index < -0.39 is 0 Å². The maximum atomic E-state index is 5.49. The summed E-state index contributed by atoms with van der Waals surface area (Å²) in [7, 11) is 0. The van der Waals surface area contributed by atoms with E-state index in [1.54, 1.807) is 0 Å². The quantitative estimate of drug-likeness (QED) is 0.592. The summed E-state index contributed by atoms with van der Waals surface area (Å²) in [6.07, 6.45) is 1.01. The van der Waals surface area contributed by atoms with Crippen LogP contribution in [0.4, 0.5) is 17.5 Å². The van der Waals surface area contributed by atoms with Crippen molar-refractivity contribution in [2.24, 2.45) is 0 Å². The summed E-state index contributed by atoms with van der Waals surface area (Å²) in [5.74, 6) is 2.24. The Labute approximate surface area is 154 Å². The molecule has 1 aromatic heterocycles. The Hall–Kier alpha value is -3.08. The summed E-state index contributed by atoms with van der Waals surface area (Å²) in [6, 6.07) is 19.9. The van der Waals surface area contributed by atoms with Gasteiger partial charge in [0.15, 0.2) is 0 Å². The first-order chi connectivity index (χ1) is 12.8. The second-order valence-corrected chi connectivity index (χ2v) is 5.84. The van der Waals surface area contributed by atoms with Gasteiger partial charge in [0.1, 0.15) is 11.6 Å². The Morgan fingerprint density at radius 2 is 1.69 bits per heavy atom. The van der Waals surface area contributed by atoms with Crippen molar-refractivity contribution in [1.29, 1.82) is 0 Å². The van der Waals surface area contributed by atoms with Gasteiger partial charge in [-0.25, -0.2) is 4.98 Å². The molecule has 0 unspecified atom stereocenters. The third kappa shape index (κ3) is 4.72. The van der Waals surface area contributed by atoms with Gasteiger partial charge in [0, 0.05) is 23.9 Å². The molecule has 2 aromatic carbocycles. The predicted molar refractivity (Wildman–Crippen MR) is 107 cm³/mol. The van der Waals surface area contributed by atoms with Gasteiger partial charge < -0.3 is 15.4 Å². The van der Waals surface area contributed by atoms with Gasteiger partial charge in [-0.05, 0) is 37.6 Å². The van der Waals surface area contributed by atoms with Crippen molar-refractivity contribution in [3.05, 3.63) is 60.7 Å². The van der Waals surface area contributed by atoms with Crippen molar-refractivity contribution in [2.75, 3.05) is 23.8 Å². The molecule has 3 aromatic rings. The van der Waals surface area contributed by atoms with E-state index in [1.165, 1.54) is 0 Å². The Morgan fingerprint density at radius 3 is 2.38 bits per heavy atom. The predicted octanol–water partition coefficient (Wildman–Crippen LogP) is 5.11. The molecule has 0 aliphatic heterocycles. The number of nitrogens with one attached hydrogen (secondary N) is 2. The lowest BCUT2D eigenvalue weighted by atomic mass is 10.1. The number of ether oxygens (including phenoxy) is 1. The maximum absolute atomic E-state index is 5.49. The molecule has 5 heteroatoms. The van der Waals surface area contributed by atoms with Crippen LogP contribution in [0.25, 0.3) is 11.3 Å². The molecular formula is C21H24N4O. The molecule has 1 heterocycles. The topological polar surface area (TPSA) is 59.1 Å². The molecular weight excluding hydrogens is 324 g/mol. The summed E-state index contributed by atoms with van der Waals surface area (Å²) in [5.41, 5.74) is 2.89. The Morgan fingerprint density at radius 1 is 0.923 bits per heavy atom. The highest BCUT2D eigenvalue weighted by Crippen LogP contribution is 2.24. The zero-order valence-corrected chi connectivity index (χ0v) is 15.2. The lowest BCUT2D eigenvalue weighted by Gasteiger charge is -2.12. The summed E-state index contributed by atoms with van der Waals surface area (Å²) in [5, 5.41) is 6.63. The number of hydrogen-bond acceptors (Lipinski definition) is 5. The minimum Gasteiger partial charge on any atom is -0.494 e. The Balaban J connectivity index is 1.87. The van der Waals surface area contributed by atoms with E-state index in [1.807, 2.05) is 67.6 Å². The molecule has 0 amide bonds. The molecule has 0 saturated heterocycles. The minimum absolute atomic E-state index is 0.627. The average Bonchev–Trinajstić information content (AvgIpc) is 2.69. The fraction of sp³-hybridized carbons (Fsp3) is 0.238. The zero-order valence-electron chi connectivity index (χ0n) is 15.2. The van der Waals surface area contributed by atoms with E-state index in [2.05, 4.69) is 27.5 Å². The van der Waals surface area contributed by atoms with Gasteiger partial charge in [0.25, 0.3) is 0 Å². The maximum Gasteiger partial charge on any atom is 0.225 e. The molecule has 0 aliphatic carbocycles. The van der Waals surface area contributed by atoms with Gasteiger partial charge in [0.2, 0.25) is 5.95 Å². The van der Waals surface area contributed by atoms with E-state index in [0.717, 1.165) is 41.5 Å². The molecule has 0 aliphatic rings. The lowest BCUT2D eigenvalue weighted by Crippen LogP contribution is -2.07. The van der Waals surface area contributed by atoms with Crippen LogP contribution in [-0.4, -0.2) is 23.1 Å². The van der Waals surface area contributed by atoms with Gasteiger partial charge in [-0.1, -0.05) is 37.3 Å². The fourth-order valence-corrected chi connectivity index (χ4v) is 2.53. The second kappa shape index (κ2) is 8.85. The number of nitrogens with zero attached hydrogens (tertiary/aromatic N) is 2. The number of aromatic nitrogens is 2. The molecule has 0 saturated carbocycles. The highest BCUT2D eigenvalue weighted by molar-refractivity contribution is 5.67. The van der Waals surface area contributed by atoms with Crippen LogP contribution in [0.15, 0.2) is 60.7 Å². The molecule has 0 atom stereocenters. The van der Waals surface area contributed by atoms with Crippen LogP contribution in [0.5, 0.6) is 5.75 Å². The first-order valence-electron chi connectivity index (χ1n) is 8.96. The van der Waals surface area contributed by atoms with Crippen molar-refractivity contribution in [2.45, 2.75) is 20.3 Å². The number of rotatable bonds is 8. The molecule has 0 bridgehead atoms. The molecule has 0 radical (unpaired) electrons. The van der Waals surface area contributed by atoms with Gasteiger partial charge in [-0.15, -0.1) is 0 Å². The third-order valence-corrected chi connectivity index (χ3v) is 3.77. The van der Waals surface area contributed by atoms with Gasteiger partial charge in [-0.2, -0.15) is 4.98 Å². The first kappa shape index (κ1) is 17.7. The monoisotopic (exact) mass is 348 g/mol. The highest BCUT2D eigenvalue weighted by Gasteiger charge is 2.07. The standard InChI is InChI=1S/C21H24N4O/c1-3-14-22-21-24-19(16-8-6-5-7-9-16)15-20(25-21)23-17-10-12-18(13-11-17)26-4-2/h5-13,15H,3-4,14H2,1-2H3,(H2,22,23,24,25). The van der Waals surface area contributed by atoms with Crippen molar-refractivity contribution < 1.29 is 4.74 Å². The van der Waals surface area contributed by atoms with E-state index >= 15 is 0 Å². The minimum atomic E-state index is 0.627. The van der Waals surface area contributed by atoms with Gasteiger partial charge in [0.05, 0.1) is 12.3 Å². The van der Waals surface area contributed by atoms with Crippen molar-refractivity contribution >= 4 is 17.5 Å². The van der Waals surface area contributed by atoms with Gasteiger partial charge >= 0.3 is 0 Å². The fourth-order valence-electron chi connectivity index (χ4n) is 2.53.